The molecule has 5 heteroatoms. The van der Waals surface area contributed by atoms with E-state index in [0.717, 1.165) is 19.3 Å². The van der Waals surface area contributed by atoms with E-state index in [1.54, 1.807) is 30.0 Å². The molecule has 0 aliphatic carbocycles. The molecule has 1 aliphatic rings. The lowest BCUT2D eigenvalue weighted by atomic mass is 10.00. The van der Waals surface area contributed by atoms with Crippen molar-refractivity contribution in [1.29, 1.82) is 0 Å². The first-order valence-corrected chi connectivity index (χ1v) is 6.41. The zero-order valence-corrected chi connectivity index (χ0v) is 11.9. The summed E-state index contributed by atoms with van der Waals surface area (Å²) in [4.78, 5) is 14.1. The van der Waals surface area contributed by atoms with Crippen LogP contribution in [-0.2, 0) is 0 Å². The molecule has 1 heterocycles. The smallest absolute Gasteiger partial charge is 0.257 e. The Morgan fingerprint density at radius 1 is 1.47 bits per heavy atom. The average molecular weight is 287 g/mol. The predicted octanol–water partition coefficient (Wildman–Crippen LogP) is 2.51. The van der Waals surface area contributed by atoms with E-state index < -0.39 is 5.82 Å². The molecule has 0 bridgehead atoms. The van der Waals surface area contributed by atoms with Gasteiger partial charge in [-0.1, -0.05) is 12.1 Å². The van der Waals surface area contributed by atoms with E-state index in [9.17, 15) is 9.18 Å². The molecule has 0 radical (unpaired) electrons. The van der Waals surface area contributed by atoms with Gasteiger partial charge in [-0.15, -0.1) is 12.4 Å². The molecule has 1 atom stereocenters. The topological polar surface area (TPSA) is 46.3 Å². The largest absolute Gasteiger partial charge is 0.334 e. The Kier molecular flexibility index (Phi) is 5.76. The van der Waals surface area contributed by atoms with Crippen molar-refractivity contribution in [3.63, 3.8) is 0 Å². The molecule has 106 valence electrons. The highest BCUT2D eigenvalue weighted by Gasteiger charge is 2.28. The summed E-state index contributed by atoms with van der Waals surface area (Å²) in [6, 6.07) is 4.98. The fourth-order valence-electron chi connectivity index (χ4n) is 2.48. The summed E-state index contributed by atoms with van der Waals surface area (Å²) in [7, 11) is 0. The molecule has 1 aliphatic heterocycles. The molecule has 3 nitrogen and oxygen atoms in total. The Labute approximate surface area is 119 Å². The number of halogens is 2. The molecule has 1 aromatic rings. The second kappa shape index (κ2) is 6.87. The van der Waals surface area contributed by atoms with Crippen LogP contribution in [0, 0.1) is 12.7 Å². The molecule has 1 aromatic carbocycles. The third-order valence-electron chi connectivity index (χ3n) is 3.58. The Bertz CT molecular complexity index is 453. The molecule has 2 N–H and O–H groups in total. The van der Waals surface area contributed by atoms with Crippen LogP contribution in [0.15, 0.2) is 18.2 Å². The van der Waals surface area contributed by atoms with E-state index in [0.29, 0.717) is 18.7 Å². The summed E-state index contributed by atoms with van der Waals surface area (Å²) in [5.41, 5.74) is 6.35. The van der Waals surface area contributed by atoms with E-state index in [-0.39, 0.29) is 29.9 Å². The summed E-state index contributed by atoms with van der Waals surface area (Å²) in [6.07, 6.45) is 2.97. The van der Waals surface area contributed by atoms with Crippen LogP contribution in [0.2, 0.25) is 0 Å². The molecule has 0 spiro atoms. The van der Waals surface area contributed by atoms with Gasteiger partial charge in [0.2, 0.25) is 0 Å². The first-order valence-electron chi connectivity index (χ1n) is 6.41. The summed E-state index contributed by atoms with van der Waals surface area (Å²) in [5, 5.41) is 0. The van der Waals surface area contributed by atoms with Gasteiger partial charge in [0, 0.05) is 19.1 Å². The standard InChI is InChI=1S/C14H19FN2O.ClH/c1-10-5-4-7-12(13(10)15)14(18)17-8-3-2-6-11(17)9-16;/h4-5,7,11H,2-3,6,8-9,16H2,1H3;1H. The molecule has 1 saturated heterocycles. The highest BCUT2D eigenvalue weighted by atomic mass is 35.5. The molecule has 2 rings (SSSR count). The Hall–Kier alpha value is -1.13. The van der Waals surface area contributed by atoms with Gasteiger partial charge in [-0.2, -0.15) is 0 Å². The first-order chi connectivity index (χ1) is 8.65. The maximum absolute atomic E-state index is 14.0. The lowest BCUT2D eigenvalue weighted by Gasteiger charge is -2.35. The molecule has 0 saturated carbocycles. The first kappa shape index (κ1) is 15.9. The minimum Gasteiger partial charge on any atom is -0.334 e. The molecule has 19 heavy (non-hydrogen) atoms. The Balaban J connectivity index is 0.00000180. The van der Waals surface area contributed by atoms with Crippen LogP contribution >= 0.6 is 12.4 Å². The maximum atomic E-state index is 14.0. The van der Waals surface area contributed by atoms with Crippen LogP contribution in [0.4, 0.5) is 4.39 Å². The van der Waals surface area contributed by atoms with E-state index in [1.807, 2.05) is 0 Å². The summed E-state index contributed by atoms with van der Waals surface area (Å²) < 4.78 is 14.0. The number of amides is 1. The highest BCUT2D eigenvalue weighted by Crippen LogP contribution is 2.21. The highest BCUT2D eigenvalue weighted by molar-refractivity contribution is 5.95. The molecule has 1 amide bonds. The zero-order valence-electron chi connectivity index (χ0n) is 11.1. The van der Waals surface area contributed by atoms with Crippen LogP contribution in [0.1, 0.15) is 35.2 Å². The average Bonchev–Trinajstić information content (AvgIpc) is 2.41. The second-order valence-electron chi connectivity index (χ2n) is 4.82. The molecular formula is C14H20ClFN2O. The number of nitrogens with zero attached hydrogens (tertiary/aromatic N) is 1. The van der Waals surface area contributed by atoms with Gasteiger partial charge >= 0.3 is 0 Å². The van der Waals surface area contributed by atoms with Crippen molar-refractivity contribution in [2.24, 2.45) is 5.73 Å². The summed E-state index contributed by atoms with van der Waals surface area (Å²) >= 11 is 0. The van der Waals surface area contributed by atoms with Gasteiger partial charge in [-0.3, -0.25) is 4.79 Å². The van der Waals surface area contributed by atoms with Crippen molar-refractivity contribution in [3.05, 3.63) is 35.1 Å². The molecule has 0 aromatic heterocycles. The molecule has 1 fully saturated rings. The lowest BCUT2D eigenvalue weighted by Crippen LogP contribution is -2.47. The Morgan fingerprint density at radius 2 is 2.21 bits per heavy atom. The van der Waals surface area contributed by atoms with Crippen molar-refractivity contribution >= 4 is 18.3 Å². The Morgan fingerprint density at radius 3 is 2.89 bits per heavy atom. The maximum Gasteiger partial charge on any atom is 0.257 e. The number of piperidine rings is 1. The number of hydrogen-bond acceptors (Lipinski definition) is 2. The van der Waals surface area contributed by atoms with E-state index in [4.69, 9.17) is 5.73 Å². The fraction of sp³-hybridized carbons (Fsp3) is 0.500. The number of nitrogens with two attached hydrogens (primary N) is 1. The zero-order chi connectivity index (χ0) is 13.1. The van der Waals surface area contributed by atoms with Crippen LogP contribution in [0.5, 0.6) is 0 Å². The summed E-state index contributed by atoms with van der Waals surface area (Å²) in [5.74, 6) is -0.643. The van der Waals surface area contributed by atoms with Gasteiger partial charge in [-0.05, 0) is 37.8 Å². The van der Waals surface area contributed by atoms with Gasteiger partial charge in [0.1, 0.15) is 5.82 Å². The molecular weight excluding hydrogens is 267 g/mol. The third kappa shape index (κ3) is 3.25. The minimum absolute atomic E-state index is 0. The minimum atomic E-state index is -0.413. The number of likely N-dealkylation sites (tertiary alicyclic amines) is 1. The predicted molar refractivity (Wildman–Crippen MR) is 76.1 cm³/mol. The second-order valence-corrected chi connectivity index (χ2v) is 4.82. The number of rotatable bonds is 2. The monoisotopic (exact) mass is 286 g/mol. The SMILES string of the molecule is Cc1cccc(C(=O)N2CCCCC2CN)c1F.Cl. The van der Waals surface area contributed by atoms with Gasteiger partial charge in [-0.25, -0.2) is 4.39 Å². The van der Waals surface area contributed by atoms with Gasteiger partial charge in [0.05, 0.1) is 5.56 Å². The van der Waals surface area contributed by atoms with Gasteiger partial charge < -0.3 is 10.6 Å². The normalized spacial score (nSPS) is 18.9. The van der Waals surface area contributed by atoms with E-state index >= 15 is 0 Å². The van der Waals surface area contributed by atoms with Crippen molar-refractivity contribution in [3.8, 4) is 0 Å². The van der Waals surface area contributed by atoms with Crippen LogP contribution in [-0.4, -0.2) is 29.9 Å². The van der Waals surface area contributed by atoms with Crippen molar-refractivity contribution in [1.82, 2.24) is 4.90 Å². The quantitative estimate of drug-likeness (QED) is 0.908. The summed E-state index contributed by atoms with van der Waals surface area (Å²) in [6.45, 7) is 2.79. The molecule has 1 unspecified atom stereocenters. The van der Waals surface area contributed by atoms with E-state index in [1.165, 1.54) is 0 Å². The van der Waals surface area contributed by atoms with Crippen LogP contribution in [0.25, 0.3) is 0 Å². The van der Waals surface area contributed by atoms with Crippen LogP contribution < -0.4 is 5.73 Å². The van der Waals surface area contributed by atoms with Crippen molar-refractivity contribution < 1.29 is 9.18 Å². The van der Waals surface area contributed by atoms with Crippen LogP contribution in [0.3, 0.4) is 0 Å². The fourth-order valence-corrected chi connectivity index (χ4v) is 2.48. The van der Waals surface area contributed by atoms with Gasteiger partial charge in [0.25, 0.3) is 5.91 Å². The number of aryl methyl sites for hydroxylation is 1. The van der Waals surface area contributed by atoms with Crippen molar-refractivity contribution in [2.45, 2.75) is 32.2 Å². The number of benzene rings is 1. The number of carbonyl (C=O) groups excluding carboxylic acids is 1. The van der Waals surface area contributed by atoms with Gasteiger partial charge in [0.15, 0.2) is 0 Å². The number of hydrogen-bond donors (Lipinski definition) is 1. The third-order valence-corrected chi connectivity index (χ3v) is 3.58. The van der Waals surface area contributed by atoms with E-state index in [2.05, 4.69) is 0 Å². The number of carbonyl (C=O) groups is 1. The lowest BCUT2D eigenvalue weighted by molar-refractivity contribution is 0.0618. The van der Waals surface area contributed by atoms with Crippen molar-refractivity contribution in [2.75, 3.05) is 13.1 Å².